The Balaban J connectivity index is 1.19. The van der Waals surface area contributed by atoms with Gasteiger partial charge in [-0.15, -0.1) is 0 Å². The highest BCUT2D eigenvalue weighted by molar-refractivity contribution is 7.00. The Morgan fingerprint density at radius 1 is 0.483 bits per heavy atom. The minimum Gasteiger partial charge on any atom is -0.335 e. The van der Waals surface area contributed by atoms with Gasteiger partial charge in [0.15, 0.2) is 0 Å². The van der Waals surface area contributed by atoms with Crippen LogP contribution >= 0.6 is 0 Å². The Bertz CT molecular complexity index is 2750. The average molecular weight is 784 g/mol. The van der Waals surface area contributed by atoms with Gasteiger partial charge in [0.25, 0.3) is 6.71 Å². The first-order valence-electron chi connectivity index (χ1n) is 23.0. The van der Waals surface area contributed by atoms with Crippen molar-refractivity contribution in [2.75, 3.05) is 14.7 Å². The first-order chi connectivity index (χ1) is 28.9. The summed E-state index contributed by atoms with van der Waals surface area (Å²) in [6.07, 6.45) is 9.85. The number of fused-ring (bicyclic) bond motifs is 10. The molecule has 6 aliphatic rings. The summed E-state index contributed by atoms with van der Waals surface area (Å²) < 4.78 is 0. The molecule has 4 unspecified atom stereocenters. The van der Waals surface area contributed by atoms with Gasteiger partial charge in [-0.05, 0) is 132 Å². The maximum atomic E-state index is 2.93. The molecule has 6 aromatic carbocycles. The number of hydrogen-bond acceptors (Lipinski definition) is 3. The lowest BCUT2D eigenvalue weighted by molar-refractivity contribution is 0.194. The van der Waals surface area contributed by atoms with Gasteiger partial charge in [0, 0.05) is 50.6 Å². The highest BCUT2D eigenvalue weighted by Gasteiger charge is 2.63. The third kappa shape index (κ3) is 4.53. The molecule has 6 aromatic rings. The highest BCUT2D eigenvalue weighted by atomic mass is 15.3. The van der Waals surface area contributed by atoms with Crippen molar-refractivity contribution in [3.05, 3.63) is 144 Å². The number of benzene rings is 6. The van der Waals surface area contributed by atoms with E-state index in [-0.39, 0.29) is 34.0 Å². The molecule has 60 heavy (non-hydrogen) atoms. The maximum absolute atomic E-state index is 2.93. The van der Waals surface area contributed by atoms with E-state index in [4.69, 9.17) is 0 Å². The lowest BCUT2D eigenvalue weighted by Gasteiger charge is -2.53. The van der Waals surface area contributed by atoms with Crippen LogP contribution in [0, 0.1) is 0 Å². The molecule has 300 valence electrons. The maximum Gasteiger partial charge on any atom is 0.252 e. The third-order valence-electron chi connectivity index (χ3n) is 17.3. The lowest BCUT2D eigenvalue weighted by atomic mass is 9.33. The van der Waals surface area contributed by atoms with E-state index in [1.54, 1.807) is 5.56 Å². The van der Waals surface area contributed by atoms with Crippen LogP contribution in [0.1, 0.15) is 117 Å². The van der Waals surface area contributed by atoms with E-state index in [2.05, 4.69) is 191 Å². The molecule has 0 N–H and O–H groups in total. The standard InChI is InChI=1S/C56H58BN3/c1-52(2,3)39-33-43-51-45(34-39)57-44-24-14-15-25-47(44)58(40-22-12-9-13-23-40)48-35-41(36-49(50(48)57)60(51)56(7)31-19-17-29-54(43,56)5)59-46-27-26-38(37-20-10-8-11-21-37)32-42(46)53(4)28-16-18-30-55(53,59)6/h8-15,20-27,32-36H,16-19,28-31H2,1-7H3. The van der Waals surface area contributed by atoms with E-state index >= 15 is 0 Å². The number of anilines is 7. The normalized spacial score (nSPS) is 26.9. The van der Waals surface area contributed by atoms with Crippen LogP contribution in [0.2, 0.25) is 0 Å². The second-order valence-corrected chi connectivity index (χ2v) is 21.2. The van der Waals surface area contributed by atoms with E-state index in [9.17, 15) is 0 Å². The fourth-order valence-corrected chi connectivity index (χ4v) is 13.6. The van der Waals surface area contributed by atoms with Crippen LogP contribution in [0.25, 0.3) is 11.1 Å². The van der Waals surface area contributed by atoms with Crippen molar-refractivity contribution in [3.8, 4) is 11.1 Å². The zero-order chi connectivity index (χ0) is 41.0. The van der Waals surface area contributed by atoms with Crippen LogP contribution in [-0.4, -0.2) is 17.8 Å². The molecular formula is C56H58BN3. The summed E-state index contributed by atoms with van der Waals surface area (Å²) in [5.41, 5.74) is 21.0. The Labute approximate surface area is 358 Å². The number of rotatable bonds is 3. The zero-order valence-electron chi connectivity index (χ0n) is 36.7. The predicted molar refractivity (Wildman–Crippen MR) is 256 cm³/mol. The average Bonchev–Trinajstić information content (AvgIpc) is 3.60. The summed E-state index contributed by atoms with van der Waals surface area (Å²) in [6, 6.07) is 49.6. The van der Waals surface area contributed by atoms with Crippen molar-refractivity contribution >= 4 is 62.9 Å². The van der Waals surface area contributed by atoms with Crippen molar-refractivity contribution in [1.29, 1.82) is 0 Å². The van der Waals surface area contributed by atoms with Crippen LogP contribution in [0.3, 0.4) is 0 Å². The predicted octanol–water partition coefficient (Wildman–Crippen LogP) is 12.7. The van der Waals surface area contributed by atoms with Gasteiger partial charge >= 0.3 is 0 Å². The summed E-state index contributed by atoms with van der Waals surface area (Å²) in [6.45, 7) is 17.8. The van der Waals surface area contributed by atoms with Crippen molar-refractivity contribution < 1.29 is 0 Å². The second-order valence-electron chi connectivity index (χ2n) is 21.2. The molecule has 2 saturated carbocycles. The molecule has 12 rings (SSSR count). The van der Waals surface area contributed by atoms with E-state index in [1.165, 1.54) is 130 Å². The third-order valence-corrected chi connectivity index (χ3v) is 17.3. The number of nitrogens with zero attached hydrogens (tertiary/aromatic N) is 3. The molecule has 4 atom stereocenters. The van der Waals surface area contributed by atoms with E-state index in [1.807, 2.05) is 0 Å². The summed E-state index contributed by atoms with van der Waals surface area (Å²) >= 11 is 0. The summed E-state index contributed by atoms with van der Waals surface area (Å²) in [4.78, 5) is 8.38. The van der Waals surface area contributed by atoms with Crippen LogP contribution in [0.15, 0.2) is 127 Å². The smallest absolute Gasteiger partial charge is 0.252 e. The van der Waals surface area contributed by atoms with Gasteiger partial charge in [-0.3, -0.25) is 0 Å². The first kappa shape index (κ1) is 36.6. The molecule has 2 aliphatic carbocycles. The van der Waals surface area contributed by atoms with Gasteiger partial charge in [-0.25, -0.2) is 0 Å². The molecule has 4 heteroatoms. The van der Waals surface area contributed by atoms with E-state index < -0.39 is 0 Å². The van der Waals surface area contributed by atoms with Crippen LogP contribution in [0.5, 0.6) is 0 Å². The zero-order valence-corrected chi connectivity index (χ0v) is 36.7. The van der Waals surface area contributed by atoms with Crippen LogP contribution in [-0.2, 0) is 16.2 Å². The van der Waals surface area contributed by atoms with Crippen molar-refractivity contribution in [2.24, 2.45) is 0 Å². The summed E-state index contributed by atoms with van der Waals surface area (Å²) in [5, 5.41) is 0. The van der Waals surface area contributed by atoms with E-state index in [0.717, 1.165) is 0 Å². The van der Waals surface area contributed by atoms with Gasteiger partial charge in [0.1, 0.15) is 0 Å². The molecule has 0 radical (unpaired) electrons. The second kappa shape index (κ2) is 12.2. The van der Waals surface area contributed by atoms with Crippen molar-refractivity contribution in [1.82, 2.24) is 0 Å². The quantitative estimate of drug-likeness (QED) is 0.165. The SMILES string of the molecule is CC(C)(C)c1cc2c3c(c1)C1(C)CCCCC1(C)N3c1cc(N3c4ccc(-c5ccccc5)cc4C4(C)CCCCC34C)cc3c1B2c1ccccc1N3c1ccccc1. The van der Waals surface area contributed by atoms with Gasteiger partial charge in [0.05, 0.1) is 11.1 Å². The lowest BCUT2D eigenvalue weighted by Crippen LogP contribution is -2.64. The Morgan fingerprint density at radius 3 is 1.82 bits per heavy atom. The fraction of sp³-hybridized carbons (Fsp3) is 0.357. The molecule has 0 saturated heterocycles. The Hall–Kier alpha value is -5.22. The Morgan fingerprint density at radius 2 is 1.10 bits per heavy atom. The topological polar surface area (TPSA) is 9.72 Å². The Kier molecular flexibility index (Phi) is 7.45. The van der Waals surface area contributed by atoms with Crippen LogP contribution in [0.4, 0.5) is 39.8 Å². The molecule has 0 amide bonds. The summed E-state index contributed by atoms with van der Waals surface area (Å²) in [7, 11) is 0. The molecule has 4 aliphatic heterocycles. The fourth-order valence-electron chi connectivity index (χ4n) is 13.6. The van der Waals surface area contributed by atoms with Gasteiger partial charge in [-0.1, -0.05) is 145 Å². The van der Waals surface area contributed by atoms with E-state index in [0.29, 0.717) is 0 Å². The molecule has 0 bridgehead atoms. The molecule has 3 nitrogen and oxygen atoms in total. The monoisotopic (exact) mass is 783 g/mol. The number of para-hydroxylation sites is 2. The van der Waals surface area contributed by atoms with Crippen LogP contribution < -0.4 is 31.1 Å². The highest BCUT2D eigenvalue weighted by Crippen LogP contribution is 2.65. The minimum atomic E-state index is -0.0823. The first-order valence-corrected chi connectivity index (χ1v) is 23.0. The molecule has 0 aromatic heterocycles. The molecule has 2 fully saturated rings. The van der Waals surface area contributed by atoms with Gasteiger partial charge < -0.3 is 14.7 Å². The van der Waals surface area contributed by atoms with Gasteiger partial charge in [-0.2, -0.15) is 0 Å². The minimum absolute atomic E-state index is 0.0114. The number of hydrogen-bond donors (Lipinski definition) is 0. The molecule has 4 heterocycles. The van der Waals surface area contributed by atoms with Gasteiger partial charge in [0.2, 0.25) is 0 Å². The molecule has 0 spiro atoms. The summed E-state index contributed by atoms with van der Waals surface area (Å²) in [5.74, 6) is 0. The van der Waals surface area contributed by atoms with Crippen molar-refractivity contribution in [3.63, 3.8) is 0 Å². The largest absolute Gasteiger partial charge is 0.335 e. The van der Waals surface area contributed by atoms with Crippen molar-refractivity contribution in [2.45, 2.75) is 127 Å². The molecular weight excluding hydrogens is 725 g/mol.